The third-order valence-electron chi connectivity index (χ3n) is 3.49. The molecule has 0 amide bonds. The van der Waals surface area contributed by atoms with Gasteiger partial charge in [0.2, 0.25) is 0 Å². The number of esters is 1. The summed E-state index contributed by atoms with van der Waals surface area (Å²) in [6, 6.07) is 14.0. The minimum atomic E-state index is -0.618. The fraction of sp³-hybridized carbons (Fsp3) is 0.111. The fourth-order valence-corrected chi connectivity index (χ4v) is 2.32. The molecule has 0 atom stereocenters. The minimum absolute atomic E-state index is 0.0132. The number of fused-ring (bicyclic) bond motifs is 1. The first-order chi connectivity index (χ1) is 12.2. The molecule has 0 unspecified atom stereocenters. The zero-order valence-electron chi connectivity index (χ0n) is 13.8. The first-order valence-corrected chi connectivity index (χ1v) is 7.49. The van der Waals surface area contributed by atoms with Crippen LogP contribution in [-0.4, -0.2) is 36.2 Å². The van der Waals surface area contributed by atoms with Crippen molar-refractivity contribution in [3.05, 3.63) is 60.6 Å². The van der Waals surface area contributed by atoms with Crippen LogP contribution < -0.4 is 5.32 Å². The number of nitrogens with one attached hydrogen (secondary N) is 1. The summed E-state index contributed by atoms with van der Waals surface area (Å²) in [7, 11) is 2.75. The van der Waals surface area contributed by atoms with Gasteiger partial charge in [-0.1, -0.05) is 36.4 Å². The monoisotopic (exact) mass is 336 g/mol. The van der Waals surface area contributed by atoms with E-state index in [1.807, 2.05) is 42.5 Å². The number of benzene rings is 2. The summed E-state index contributed by atoms with van der Waals surface area (Å²) in [5.41, 5.74) is 0.835. The molecule has 0 aliphatic heterocycles. The van der Waals surface area contributed by atoms with E-state index in [9.17, 15) is 4.79 Å². The molecule has 0 aliphatic rings. The second-order valence-electron chi connectivity index (χ2n) is 4.99. The molecular weight excluding hydrogens is 320 g/mol. The molecule has 1 N–H and O–H groups in total. The van der Waals surface area contributed by atoms with Crippen molar-refractivity contribution in [2.75, 3.05) is 19.5 Å². The van der Waals surface area contributed by atoms with Crippen molar-refractivity contribution in [2.45, 2.75) is 0 Å². The van der Waals surface area contributed by atoms with Crippen LogP contribution in [0.4, 0.5) is 11.5 Å². The number of methoxy groups -OCH3 is 2. The Bertz CT molecular complexity index is 935. The summed E-state index contributed by atoms with van der Waals surface area (Å²) < 4.78 is 9.99. The first-order valence-electron chi connectivity index (χ1n) is 7.49. The van der Waals surface area contributed by atoms with Gasteiger partial charge in [-0.15, -0.1) is 0 Å². The Morgan fingerprint density at radius 3 is 2.56 bits per heavy atom. The van der Waals surface area contributed by atoms with Crippen LogP contribution in [-0.2, 0) is 9.47 Å². The normalized spacial score (nSPS) is 11.2. The molecule has 126 valence electrons. The summed E-state index contributed by atoms with van der Waals surface area (Å²) in [4.78, 5) is 24.1. The molecule has 1 aromatic heterocycles. The Labute approximate surface area is 144 Å². The predicted octanol–water partition coefficient (Wildman–Crippen LogP) is 3.16. The molecule has 0 saturated heterocycles. The zero-order chi connectivity index (χ0) is 17.6. The highest BCUT2D eigenvalue weighted by atomic mass is 16.5. The Kier molecular flexibility index (Phi) is 4.84. The summed E-state index contributed by atoms with van der Waals surface area (Å²) in [5.74, 6) is -0.508. The molecule has 0 saturated carbocycles. The van der Waals surface area contributed by atoms with Crippen LogP contribution in [0.1, 0.15) is 10.5 Å². The van der Waals surface area contributed by atoms with Gasteiger partial charge in [-0.25, -0.2) is 14.8 Å². The Morgan fingerprint density at radius 2 is 1.76 bits per heavy atom. The first kappa shape index (κ1) is 16.4. The second kappa shape index (κ2) is 7.39. The van der Waals surface area contributed by atoms with Crippen LogP contribution in [0.3, 0.4) is 0 Å². The summed E-state index contributed by atoms with van der Waals surface area (Å²) in [5, 5.41) is 5.21. The van der Waals surface area contributed by atoms with Gasteiger partial charge in [-0.3, -0.25) is 0 Å². The number of rotatable bonds is 3. The van der Waals surface area contributed by atoms with Crippen LogP contribution in [0.5, 0.6) is 0 Å². The van der Waals surface area contributed by atoms with E-state index in [1.165, 1.54) is 26.6 Å². The highest BCUT2D eigenvalue weighted by Crippen LogP contribution is 2.23. The molecule has 2 aromatic carbocycles. The van der Waals surface area contributed by atoms with E-state index in [1.54, 1.807) is 0 Å². The zero-order valence-corrected chi connectivity index (χ0v) is 13.8. The largest absolute Gasteiger partial charge is 0.468 e. The van der Waals surface area contributed by atoms with E-state index in [2.05, 4.69) is 20.3 Å². The van der Waals surface area contributed by atoms with Crippen LogP contribution in [0, 0.1) is 0 Å². The van der Waals surface area contributed by atoms with Gasteiger partial charge in [-0.05, 0) is 11.5 Å². The minimum Gasteiger partial charge on any atom is -0.468 e. The maximum absolute atomic E-state index is 11.8. The molecule has 1 heterocycles. The van der Waals surface area contributed by atoms with Crippen molar-refractivity contribution in [3.8, 4) is 0 Å². The molecule has 7 nitrogen and oxygen atoms in total. The lowest BCUT2D eigenvalue weighted by Gasteiger charge is -2.11. The van der Waals surface area contributed by atoms with E-state index in [-0.39, 0.29) is 17.5 Å². The Morgan fingerprint density at radius 1 is 1.00 bits per heavy atom. The van der Waals surface area contributed by atoms with Crippen LogP contribution in [0.25, 0.3) is 10.8 Å². The molecule has 3 aromatic rings. The van der Waals surface area contributed by atoms with Gasteiger partial charge in [0.1, 0.15) is 0 Å². The van der Waals surface area contributed by atoms with Crippen molar-refractivity contribution >= 4 is 34.3 Å². The van der Waals surface area contributed by atoms with E-state index in [0.717, 1.165) is 16.5 Å². The van der Waals surface area contributed by atoms with Gasteiger partial charge >= 0.3 is 5.97 Å². The van der Waals surface area contributed by atoms with Crippen molar-refractivity contribution in [1.29, 1.82) is 0 Å². The lowest BCUT2D eigenvalue weighted by Crippen LogP contribution is -2.15. The van der Waals surface area contributed by atoms with E-state index < -0.39 is 5.97 Å². The second-order valence-corrected chi connectivity index (χ2v) is 4.99. The molecule has 0 aliphatic carbocycles. The number of aromatic nitrogens is 2. The highest BCUT2D eigenvalue weighted by molar-refractivity contribution is 6.02. The number of carbonyl (C=O) groups is 1. The highest BCUT2D eigenvalue weighted by Gasteiger charge is 2.15. The number of amidine groups is 1. The predicted molar refractivity (Wildman–Crippen MR) is 95.0 cm³/mol. The number of hydrogen-bond donors (Lipinski definition) is 1. The Hall–Kier alpha value is -3.48. The van der Waals surface area contributed by atoms with Gasteiger partial charge in [0.15, 0.2) is 11.5 Å². The van der Waals surface area contributed by atoms with E-state index in [4.69, 9.17) is 9.47 Å². The third-order valence-corrected chi connectivity index (χ3v) is 3.49. The maximum Gasteiger partial charge on any atom is 0.360 e. The van der Waals surface area contributed by atoms with Crippen LogP contribution in [0.2, 0.25) is 0 Å². The molecule has 0 spiro atoms. The van der Waals surface area contributed by atoms with Crippen LogP contribution in [0.15, 0.2) is 59.9 Å². The lowest BCUT2D eigenvalue weighted by molar-refractivity contribution is 0.0594. The summed E-state index contributed by atoms with van der Waals surface area (Å²) >= 11 is 0. The molecule has 0 bridgehead atoms. The number of ether oxygens (including phenoxy) is 2. The SMILES string of the molecule is COC(=O)c1nccnc1N=C(Nc1cccc2ccccc12)OC. The lowest BCUT2D eigenvalue weighted by atomic mass is 10.1. The van der Waals surface area contributed by atoms with Crippen molar-refractivity contribution in [3.63, 3.8) is 0 Å². The smallest absolute Gasteiger partial charge is 0.360 e. The van der Waals surface area contributed by atoms with Crippen molar-refractivity contribution in [2.24, 2.45) is 4.99 Å². The number of hydrogen-bond acceptors (Lipinski definition) is 6. The molecular formula is C18H16N4O3. The standard InChI is InChI=1S/C18H16N4O3/c1-24-17(23)15-16(20-11-10-19-15)22-18(25-2)21-14-9-5-7-12-6-3-4-8-13(12)14/h3-11H,1-2H3,(H,20,21,22). The average Bonchev–Trinajstić information content (AvgIpc) is 2.67. The number of carbonyl (C=O) groups excluding carboxylic acids is 1. The molecule has 3 rings (SSSR count). The molecule has 0 radical (unpaired) electrons. The van der Waals surface area contributed by atoms with Crippen molar-refractivity contribution in [1.82, 2.24) is 9.97 Å². The number of anilines is 1. The van der Waals surface area contributed by atoms with Gasteiger partial charge in [0, 0.05) is 17.8 Å². The quantitative estimate of drug-likeness (QED) is 0.449. The van der Waals surface area contributed by atoms with Crippen molar-refractivity contribution < 1.29 is 14.3 Å². The Balaban J connectivity index is 1.98. The molecule has 7 heteroatoms. The number of nitrogens with zero attached hydrogens (tertiary/aromatic N) is 3. The van der Waals surface area contributed by atoms with Crippen LogP contribution >= 0.6 is 0 Å². The van der Waals surface area contributed by atoms with Gasteiger partial charge in [0.25, 0.3) is 6.02 Å². The average molecular weight is 336 g/mol. The van der Waals surface area contributed by atoms with Gasteiger partial charge in [-0.2, -0.15) is 4.99 Å². The third kappa shape index (κ3) is 3.55. The van der Waals surface area contributed by atoms with Gasteiger partial charge in [0.05, 0.1) is 19.9 Å². The summed E-state index contributed by atoms with van der Waals surface area (Å²) in [6.45, 7) is 0. The topological polar surface area (TPSA) is 85.7 Å². The number of aliphatic imine (C=N–C) groups is 1. The molecule has 0 fully saturated rings. The summed E-state index contributed by atoms with van der Waals surface area (Å²) in [6.07, 6.45) is 2.84. The fourth-order valence-electron chi connectivity index (χ4n) is 2.32. The molecule has 25 heavy (non-hydrogen) atoms. The van der Waals surface area contributed by atoms with E-state index >= 15 is 0 Å². The van der Waals surface area contributed by atoms with E-state index in [0.29, 0.717) is 0 Å². The van der Waals surface area contributed by atoms with Gasteiger partial charge < -0.3 is 14.8 Å². The maximum atomic E-state index is 11.8.